The third kappa shape index (κ3) is 1.10. The molecule has 0 radical (unpaired) electrons. The molecule has 0 spiro atoms. The minimum absolute atomic E-state index is 0.676. The average molecular weight is 155 g/mol. The van der Waals surface area contributed by atoms with E-state index in [1.54, 1.807) is 0 Å². The lowest BCUT2D eigenvalue weighted by Crippen LogP contribution is -2.32. The first kappa shape index (κ1) is 6.74. The maximum absolute atomic E-state index is 3.57. The molecule has 1 nitrogen and oxygen atoms in total. The highest BCUT2D eigenvalue weighted by Gasteiger charge is 2.31. The Morgan fingerprint density at radius 2 is 2.20 bits per heavy atom. The maximum Gasteiger partial charge on any atom is 0.0509 e. The van der Waals surface area contributed by atoms with Crippen LogP contribution >= 0.6 is 11.8 Å². The smallest absolute Gasteiger partial charge is 0.0509 e. The molecule has 0 bridgehead atoms. The zero-order valence-electron chi connectivity index (χ0n) is 6.21. The van der Waals surface area contributed by atoms with E-state index in [1.807, 2.05) is 0 Å². The van der Waals surface area contributed by atoms with Gasteiger partial charge in [-0.15, -0.1) is 11.8 Å². The molecule has 0 saturated carbocycles. The van der Waals surface area contributed by atoms with Gasteiger partial charge in [0, 0.05) is 11.3 Å². The topological polar surface area (TPSA) is 12.0 Å². The summed E-state index contributed by atoms with van der Waals surface area (Å²) in [5.41, 5.74) is 0. The van der Waals surface area contributed by atoms with Gasteiger partial charge in [-0.3, -0.25) is 0 Å². The van der Waals surface area contributed by atoms with E-state index in [9.17, 15) is 0 Å². The molecule has 56 valence electrons. The molecule has 2 rings (SSSR count). The second-order valence-electron chi connectivity index (χ2n) is 3.03. The molecule has 0 amide bonds. The average Bonchev–Trinajstić information content (AvgIpc) is 2.27. The molecule has 1 N–H and O–H groups in total. The van der Waals surface area contributed by atoms with Gasteiger partial charge in [0.1, 0.15) is 0 Å². The van der Waals surface area contributed by atoms with Crippen molar-refractivity contribution in [3.63, 3.8) is 0 Å². The molecule has 0 aromatic heterocycles. The summed E-state index contributed by atoms with van der Waals surface area (Å²) in [6.45, 7) is 2.25. The Kier molecular flexibility index (Phi) is 1.75. The summed E-state index contributed by atoms with van der Waals surface area (Å²) in [7, 11) is 0. The Labute approximate surface area is 66.3 Å². The Bertz CT molecular complexity index is 139. The van der Waals surface area contributed by atoms with Gasteiger partial charge in [-0.2, -0.15) is 0 Å². The Balaban J connectivity index is 2.05. The molecule has 1 fully saturated rings. The van der Waals surface area contributed by atoms with Crippen molar-refractivity contribution in [3.8, 4) is 0 Å². The van der Waals surface area contributed by atoms with Crippen LogP contribution < -0.4 is 5.32 Å². The molecule has 3 atom stereocenters. The van der Waals surface area contributed by atoms with E-state index in [0.29, 0.717) is 5.37 Å². The Hall–Kier alpha value is 0.0500. The molecule has 1 heterocycles. The minimum atomic E-state index is 0.676. The first-order chi connectivity index (χ1) is 4.86. The van der Waals surface area contributed by atoms with Crippen LogP contribution in [0, 0.1) is 0 Å². The summed E-state index contributed by atoms with van der Waals surface area (Å²) in [5, 5.41) is 5.10. The minimum Gasteiger partial charge on any atom is -0.301 e. The second-order valence-corrected chi connectivity index (χ2v) is 4.62. The van der Waals surface area contributed by atoms with Crippen LogP contribution in [0.2, 0.25) is 0 Å². The van der Waals surface area contributed by atoms with E-state index < -0.39 is 0 Å². The van der Waals surface area contributed by atoms with Gasteiger partial charge in [0.25, 0.3) is 0 Å². The van der Waals surface area contributed by atoms with Gasteiger partial charge in [-0.1, -0.05) is 12.2 Å². The van der Waals surface area contributed by atoms with Gasteiger partial charge in [0.2, 0.25) is 0 Å². The highest BCUT2D eigenvalue weighted by Crippen LogP contribution is 2.33. The Morgan fingerprint density at radius 3 is 3.00 bits per heavy atom. The highest BCUT2D eigenvalue weighted by atomic mass is 32.2. The van der Waals surface area contributed by atoms with Crippen LogP contribution in [0.3, 0.4) is 0 Å². The summed E-state index contributed by atoms with van der Waals surface area (Å²) in [6.07, 6.45) is 7.12. The first-order valence-corrected chi connectivity index (χ1v) is 4.87. The van der Waals surface area contributed by atoms with Crippen LogP contribution in [-0.4, -0.2) is 16.7 Å². The summed E-state index contributed by atoms with van der Waals surface area (Å²) in [4.78, 5) is 0. The fourth-order valence-corrected chi connectivity index (χ4v) is 3.10. The van der Waals surface area contributed by atoms with Gasteiger partial charge < -0.3 is 5.32 Å². The summed E-state index contributed by atoms with van der Waals surface area (Å²) >= 11 is 2.09. The largest absolute Gasteiger partial charge is 0.301 e. The third-order valence-electron chi connectivity index (χ3n) is 2.20. The number of nitrogens with one attached hydrogen (secondary N) is 1. The number of allylic oxidation sites excluding steroid dienone is 1. The summed E-state index contributed by atoms with van der Waals surface area (Å²) in [6, 6.07) is 0.769. The number of fused-ring (bicyclic) bond motifs is 1. The highest BCUT2D eigenvalue weighted by molar-refractivity contribution is 8.00. The third-order valence-corrected chi connectivity index (χ3v) is 3.62. The number of hydrogen-bond acceptors (Lipinski definition) is 2. The first-order valence-electron chi connectivity index (χ1n) is 3.93. The molecule has 1 saturated heterocycles. The predicted molar refractivity (Wildman–Crippen MR) is 46.1 cm³/mol. The molecule has 0 aromatic carbocycles. The van der Waals surface area contributed by atoms with E-state index >= 15 is 0 Å². The zero-order valence-corrected chi connectivity index (χ0v) is 7.03. The quantitative estimate of drug-likeness (QED) is 0.535. The van der Waals surface area contributed by atoms with Gasteiger partial charge in [0.15, 0.2) is 0 Å². The molecule has 10 heavy (non-hydrogen) atoms. The molecular formula is C8H13NS. The van der Waals surface area contributed by atoms with Crippen LogP contribution in [-0.2, 0) is 0 Å². The van der Waals surface area contributed by atoms with Crippen molar-refractivity contribution in [1.82, 2.24) is 5.32 Å². The second kappa shape index (κ2) is 2.59. The van der Waals surface area contributed by atoms with E-state index in [4.69, 9.17) is 0 Å². The lowest BCUT2D eigenvalue weighted by molar-refractivity contribution is 0.518. The molecule has 2 heteroatoms. The van der Waals surface area contributed by atoms with Crippen molar-refractivity contribution >= 4 is 11.8 Å². The summed E-state index contributed by atoms with van der Waals surface area (Å²) < 4.78 is 0. The lowest BCUT2D eigenvalue weighted by Gasteiger charge is -2.18. The van der Waals surface area contributed by atoms with Gasteiger partial charge in [-0.05, 0) is 19.8 Å². The molecule has 1 aliphatic carbocycles. The number of hydrogen-bond donors (Lipinski definition) is 1. The molecule has 0 aromatic rings. The Morgan fingerprint density at radius 1 is 1.40 bits per heavy atom. The molecular weight excluding hydrogens is 142 g/mol. The van der Waals surface area contributed by atoms with Crippen molar-refractivity contribution < 1.29 is 0 Å². The molecule has 2 aliphatic rings. The molecule has 0 unspecified atom stereocenters. The number of rotatable bonds is 0. The number of thioether (sulfide) groups is 1. The normalized spacial score (nSPS) is 45.5. The fraction of sp³-hybridized carbons (Fsp3) is 0.750. The van der Waals surface area contributed by atoms with E-state index in [-0.39, 0.29) is 0 Å². The fourth-order valence-electron chi connectivity index (χ4n) is 1.72. The van der Waals surface area contributed by atoms with Crippen molar-refractivity contribution in [2.24, 2.45) is 0 Å². The van der Waals surface area contributed by atoms with Crippen molar-refractivity contribution in [2.45, 2.75) is 36.4 Å². The summed E-state index contributed by atoms with van der Waals surface area (Å²) in [5.74, 6) is 0. The van der Waals surface area contributed by atoms with Crippen LogP contribution in [0.5, 0.6) is 0 Å². The van der Waals surface area contributed by atoms with Crippen molar-refractivity contribution in [3.05, 3.63) is 12.2 Å². The molecule has 1 aliphatic heterocycles. The standard InChI is InChI=1S/C8H13NS/c1-6-9-7-4-2-3-5-8(7)10-6/h2-3,6-9H,4-5H2,1H3/t6-,7-,8+/m1/s1. The SMILES string of the molecule is C[C@@H]1N[C@@H]2CC=CC[C@@H]2S1. The van der Waals surface area contributed by atoms with Crippen LogP contribution in [0.15, 0.2) is 12.2 Å². The van der Waals surface area contributed by atoms with Crippen molar-refractivity contribution in [2.75, 3.05) is 0 Å². The lowest BCUT2D eigenvalue weighted by atomic mass is 10.0. The van der Waals surface area contributed by atoms with Crippen LogP contribution in [0.25, 0.3) is 0 Å². The van der Waals surface area contributed by atoms with E-state index in [1.165, 1.54) is 12.8 Å². The van der Waals surface area contributed by atoms with E-state index in [0.717, 1.165) is 11.3 Å². The zero-order chi connectivity index (χ0) is 6.97. The van der Waals surface area contributed by atoms with Gasteiger partial charge in [-0.25, -0.2) is 0 Å². The predicted octanol–water partition coefficient (Wildman–Crippen LogP) is 1.76. The van der Waals surface area contributed by atoms with Crippen LogP contribution in [0.4, 0.5) is 0 Å². The monoisotopic (exact) mass is 155 g/mol. The van der Waals surface area contributed by atoms with Gasteiger partial charge >= 0.3 is 0 Å². The van der Waals surface area contributed by atoms with E-state index in [2.05, 4.69) is 36.2 Å². The van der Waals surface area contributed by atoms with Crippen LogP contribution in [0.1, 0.15) is 19.8 Å². The van der Waals surface area contributed by atoms with Crippen molar-refractivity contribution in [1.29, 1.82) is 0 Å². The van der Waals surface area contributed by atoms with Gasteiger partial charge in [0.05, 0.1) is 5.37 Å². The maximum atomic E-state index is 3.57.